The average molecular weight is 309 g/mol. The Bertz CT molecular complexity index is 579. The fourth-order valence-electron chi connectivity index (χ4n) is 1.67. The maximum Gasteiger partial charge on any atom is 0.251 e. The number of rotatable bonds is 4. The van der Waals surface area contributed by atoms with Gasteiger partial charge in [-0.25, -0.2) is 4.68 Å². The molecular formula is C12H13BrN4O. The summed E-state index contributed by atoms with van der Waals surface area (Å²) < 4.78 is 2.60. The maximum absolute atomic E-state index is 11.1. The molecule has 2 rings (SSSR count). The van der Waals surface area contributed by atoms with Crippen molar-refractivity contribution in [1.29, 1.82) is 0 Å². The largest absolute Gasteiger partial charge is 0.366 e. The smallest absolute Gasteiger partial charge is 0.251 e. The Labute approximate surface area is 113 Å². The van der Waals surface area contributed by atoms with Crippen molar-refractivity contribution in [2.75, 3.05) is 7.05 Å². The predicted molar refractivity (Wildman–Crippen MR) is 72.5 cm³/mol. The molecule has 94 valence electrons. The quantitative estimate of drug-likeness (QED) is 0.898. The maximum atomic E-state index is 11.1. The minimum atomic E-state index is -0.480. The second-order valence-corrected chi connectivity index (χ2v) is 4.76. The van der Waals surface area contributed by atoms with Gasteiger partial charge in [-0.15, -0.1) is 0 Å². The minimum Gasteiger partial charge on any atom is -0.366 e. The molecule has 3 N–H and O–H groups in total. The molecule has 0 aliphatic heterocycles. The fraction of sp³-hybridized carbons (Fsp3) is 0.167. The molecule has 0 aliphatic rings. The van der Waals surface area contributed by atoms with Gasteiger partial charge in [-0.1, -0.05) is 22.0 Å². The number of hydrogen-bond donors (Lipinski definition) is 2. The van der Waals surface area contributed by atoms with Gasteiger partial charge in [0.2, 0.25) is 0 Å². The molecule has 18 heavy (non-hydrogen) atoms. The Morgan fingerprint density at radius 3 is 2.94 bits per heavy atom. The van der Waals surface area contributed by atoms with E-state index in [-0.39, 0.29) is 0 Å². The molecule has 0 atom stereocenters. The van der Waals surface area contributed by atoms with Crippen LogP contribution in [0.4, 0.5) is 0 Å². The topological polar surface area (TPSA) is 72.9 Å². The fourth-order valence-corrected chi connectivity index (χ4v) is 2.02. The van der Waals surface area contributed by atoms with Crippen LogP contribution in [0.5, 0.6) is 0 Å². The van der Waals surface area contributed by atoms with E-state index in [9.17, 15) is 4.79 Å². The zero-order valence-electron chi connectivity index (χ0n) is 9.85. The molecule has 0 spiro atoms. The van der Waals surface area contributed by atoms with Crippen LogP contribution in [0.2, 0.25) is 0 Å². The van der Waals surface area contributed by atoms with Crippen molar-refractivity contribution in [3.63, 3.8) is 0 Å². The minimum absolute atomic E-state index is 0.394. The summed E-state index contributed by atoms with van der Waals surface area (Å²) in [5.74, 6) is -0.480. The first-order valence-electron chi connectivity index (χ1n) is 5.39. The van der Waals surface area contributed by atoms with Gasteiger partial charge in [-0.3, -0.25) is 4.79 Å². The number of amides is 1. The number of primary amides is 1. The van der Waals surface area contributed by atoms with Gasteiger partial charge in [0.15, 0.2) is 0 Å². The number of hydrogen-bond acceptors (Lipinski definition) is 3. The standard InChI is InChI=1S/C12H13BrN4O/c1-15-5-8-2-3-10(13)4-11(8)17-7-9(6-16-17)12(14)18/h2-4,6-7,15H,5H2,1H3,(H2,14,18). The van der Waals surface area contributed by atoms with Gasteiger partial charge in [-0.2, -0.15) is 5.10 Å². The van der Waals surface area contributed by atoms with Crippen LogP contribution in [0, 0.1) is 0 Å². The van der Waals surface area contributed by atoms with Crippen molar-refractivity contribution in [3.05, 3.63) is 46.2 Å². The van der Waals surface area contributed by atoms with Gasteiger partial charge >= 0.3 is 0 Å². The third-order valence-corrected chi connectivity index (χ3v) is 3.02. The lowest BCUT2D eigenvalue weighted by Gasteiger charge is -2.09. The van der Waals surface area contributed by atoms with E-state index in [0.29, 0.717) is 12.1 Å². The first-order chi connectivity index (χ1) is 8.61. The number of benzene rings is 1. The molecule has 0 fully saturated rings. The van der Waals surface area contributed by atoms with Gasteiger partial charge in [0, 0.05) is 17.2 Å². The zero-order valence-corrected chi connectivity index (χ0v) is 11.4. The monoisotopic (exact) mass is 308 g/mol. The van der Waals surface area contributed by atoms with E-state index in [1.54, 1.807) is 10.9 Å². The van der Waals surface area contributed by atoms with E-state index in [4.69, 9.17) is 5.73 Å². The summed E-state index contributed by atoms with van der Waals surface area (Å²) >= 11 is 3.43. The molecule has 0 saturated heterocycles. The molecule has 2 aromatic rings. The Kier molecular flexibility index (Phi) is 3.78. The second-order valence-electron chi connectivity index (χ2n) is 3.84. The number of nitrogens with zero attached hydrogens (tertiary/aromatic N) is 2. The van der Waals surface area contributed by atoms with Crippen LogP contribution in [0.1, 0.15) is 15.9 Å². The lowest BCUT2D eigenvalue weighted by atomic mass is 10.2. The molecule has 5 nitrogen and oxygen atoms in total. The molecule has 0 radical (unpaired) electrons. The van der Waals surface area contributed by atoms with Crippen molar-refractivity contribution < 1.29 is 4.79 Å². The summed E-state index contributed by atoms with van der Waals surface area (Å²) in [6.45, 7) is 0.717. The summed E-state index contributed by atoms with van der Waals surface area (Å²) in [6.07, 6.45) is 3.09. The van der Waals surface area contributed by atoms with Gasteiger partial charge in [0.05, 0.1) is 17.4 Å². The zero-order chi connectivity index (χ0) is 13.1. The summed E-state index contributed by atoms with van der Waals surface area (Å²) in [6, 6.07) is 5.92. The molecule has 0 unspecified atom stereocenters. The Morgan fingerprint density at radius 1 is 1.56 bits per heavy atom. The van der Waals surface area contributed by atoms with Crippen LogP contribution >= 0.6 is 15.9 Å². The van der Waals surface area contributed by atoms with Crippen molar-refractivity contribution in [2.45, 2.75) is 6.54 Å². The van der Waals surface area contributed by atoms with E-state index >= 15 is 0 Å². The lowest BCUT2D eigenvalue weighted by molar-refractivity contribution is 0.100. The van der Waals surface area contributed by atoms with Gasteiger partial charge in [-0.05, 0) is 24.7 Å². The average Bonchev–Trinajstić information content (AvgIpc) is 2.81. The van der Waals surface area contributed by atoms with Crippen molar-refractivity contribution in [1.82, 2.24) is 15.1 Å². The molecule has 1 heterocycles. The number of carbonyl (C=O) groups is 1. The van der Waals surface area contributed by atoms with Crippen molar-refractivity contribution in [3.8, 4) is 5.69 Å². The Balaban J connectivity index is 2.47. The van der Waals surface area contributed by atoms with Crippen LogP contribution < -0.4 is 11.1 Å². The number of aromatic nitrogens is 2. The van der Waals surface area contributed by atoms with E-state index in [0.717, 1.165) is 15.7 Å². The highest BCUT2D eigenvalue weighted by Gasteiger charge is 2.09. The highest BCUT2D eigenvalue weighted by molar-refractivity contribution is 9.10. The van der Waals surface area contributed by atoms with E-state index in [1.165, 1.54) is 6.20 Å². The SMILES string of the molecule is CNCc1ccc(Br)cc1-n1cc(C(N)=O)cn1. The normalized spacial score (nSPS) is 10.6. The molecule has 1 amide bonds. The number of carbonyl (C=O) groups excluding carboxylic acids is 1. The van der Waals surface area contributed by atoms with Gasteiger partial charge in [0.25, 0.3) is 5.91 Å². The van der Waals surface area contributed by atoms with Crippen molar-refractivity contribution >= 4 is 21.8 Å². The first kappa shape index (κ1) is 12.8. The summed E-state index contributed by atoms with van der Waals surface area (Å²) in [4.78, 5) is 11.1. The van der Waals surface area contributed by atoms with Crippen molar-refractivity contribution in [2.24, 2.45) is 5.73 Å². The van der Waals surface area contributed by atoms with E-state index in [1.807, 2.05) is 25.2 Å². The number of halogens is 1. The molecule has 1 aromatic heterocycles. The third-order valence-electron chi connectivity index (χ3n) is 2.53. The van der Waals surface area contributed by atoms with Crippen LogP contribution in [0.15, 0.2) is 35.1 Å². The summed E-state index contributed by atoms with van der Waals surface area (Å²) in [5, 5.41) is 7.25. The highest BCUT2D eigenvalue weighted by Crippen LogP contribution is 2.20. The Morgan fingerprint density at radius 2 is 2.33 bits per heavy atom. The molecule has 0 aliphatic carbocycles. The first-order valence-corrected chi connectivity index (χ1v) is 6.19. The summed E-state index contributed by atoms with van der Waals surface area (Å²) in [7, 11) is 1.88. The van der Waals surface area contributed by atoms with E-state index in [2.05, 4.69) is 26.3 Å². The molecule has 0 saturated carbocycles. The second kappa shape index (κ2) is 5.32. The summed E-state index contributed by atoms with van der Waals surface area (Å²) in [5.41, 5.74) is 7.60. The molecule has 0 bridgehead atoms. The molecule has 6 heteroatoms. The highest BCUT2D eigenvalue weighted by atomic mass is 79.9. The van der Waals surface area contributed by atoms with E-state index < -0.39 is 5.91 Å². The number of nitrogens with one attached hydrogen (secondary N) is 1. The lowest BCUT2D eigenvalue weighted by Crippen LogP contribution is -2.10. The van der Waals surface area contributed by atoms with Crippen LogP contribution in [-0.4, -0.2) is 22.7 Å². The molecular weight excluding hydrogens is 296 g/mol. The van der Waals surface area contributed by atoms with Crippen LogP contribution in [-0.2, 0) is 6.54 Å². The van der Waals surface area contributed by atoms with Gasteiger partial charge in [0.1, 0.15) is 0 Å². The molecule has 1 aromatic carbocycles. The van der Waals surface area contributed by atoms with Crippen LogP contribution in [0.25, 0.3) is 5.69 Å². The number of nitrogens with two attached hydrogens (primary N) is 1. The predicted octanol–water partition coefficient (Wildman–Crippen LogP) is 1.45. The van der Waals surface area contributed by atoms with Crippen LogP contribution in [0.3, 0.4) is 0 Å². The van der Waals surface area contributed by atoms with Gasteiger partial charge < -0.3 is 11.1 Å². The third kappa shape index (κ3) is 2.60. The Hall–Kier alpha value is -1.66.